The first-order valence-electron chi connectivity index (χ1n) is 10.0. The Labute approximate surface area is 191 Å². The Kier molecular flexibility index (Phi) is 9.49. The molecular weight excluding hydrogens is 432 g/mol. The molecule has 0 fully saturated rings. The van der Waals surface area contributed by atoms with E-state index >= 15 is 0 Å². The Balaban J connectivity index is 2.10. The molecule has 0 aromatic heterocycles. The van der Waals surface area contributed by atoms with E-state index in [2.05, 4.69) is 16.0 Å². The van der Waals surface area contributed by atoms with Crippen LogP contribution in [0.2, 0.25) is 5.02 Å². The van der Waals surface area contributed by atoms with Crippen molar-refractivity contribution in [3.05, 3.63) is 70.7 Å². The van der Waals surface area contributed by atoms with Crippen LogP contribution in [0.1, 0.15) is 28.8 Å². The van der Waals surface area contributed by atoms with Crippen LogP contribution in [0.4, 0.5) is 0 Å². The molecule has 8 N–H and O–H groups in total. The van der Waals surface area contributed by atoms with Crippen LogP contribution >= 0.6 is 11.6 Å². The van der Waals surface area contributed by atoms with Gasteiger partial charge in [0.1, 0.15) is 12.1 Å². The molecule has 0 bridgehead atoms. The maximum atomic E-state index is 13.0. The number of halogens is 1. The summed E-state index contributed by atoms with van der Waals surface area (Å²) in [5.74, 6) is -1.89. The monoisotopic (exact) mass is 458 g/mol. The fraction of sp³-hybridized carbons (Fsp3) is 0.273. The van der Waals surface area contributed by atoms with E-state index in [1.54, 1.807) is 18.2 Å². The molecule has 2 aromatic carbocycles. The van der Waals surface area contributed by atoms with Gasteiger partial charge in [-0.05, 0) is 36.6 Å². The van der Waals surface area contributed by atoms with Gasteiger partial charge in [0.2, 0.25) is 11.8 Å². The van der Waals surface area contributed by atoms with Crippen molar-refractivity contribution in [3.63, 3.8) is 0 Å². The van der Waals surface area contributed by atoms with E-state index in [-0.39, 0.29) is 18.8 Å². The van der Waals surface area contributed by atoms with E-state index in [1.165, 1.54) is 6.07 Å². The number of primary amides is 1. The summed E-state index contributed by atoms with van der Waals surface area (Å²) in [6.45, 7) is 0.343. The van der Waals surface area contributed by atoms with Crippen LogP contribution < -0.4 is 27.4 Å². The van der Waals surface area contributed by atoms with Crippen LogP contribution in [0, 0.1) is 5.41 Å². The van der Waals surface area contributed by atoms with Gasteiger partial charge in [-0.2, -0.15) is 0 Å². The summed E-state index contributed by atoms with van der Waals surface area (Å²) in [5.41, 5.74) is 11.9. The van der Waals surface area contributed by atoms with Gasteiger partial charge in [-0.3, -0.25) is 19.8 Å². The molecule has 0 unspecified atom stereocenters. The lowest BCUT2D eigenvalue weighted by Crippen LogP contribution is -2.53. The molecule has 9 nitrogen and oxygen atoms in total. The number of carbonyl (C=O) groups excluding carboxylic acids is 3. The molecule has 0 aliphatic carbocycles. The number of hydrogen-bond donors (Lipinski definition) is 6. The maximum absolute atomic E-state index is 13.0. The first-order chi connectivity index (χ1) is 15.3. The highest BCUT2D eigenvalue weighted by Crippen LogP contribution is 2.11. The Morgan fingerprint density at radius 1 is 0.969 bits per heavy atom. The minimum atomic E-state index is -0.939. The molecule has 10 heteroatoms. The fourth-order valence-electron chi connectivity index (χ4n) is 3.01. The summed E-state index contributed by atoms with van der Waals surface area (Å²) in [4.78, 5) is 37.6. The molecule has 0 heterocycles. The number of nitrogens with two attached hydrogens (primary N) is 2. The average Bonchev–Trinajstić information content (AvgIpc) is 2.75. The van der Waals surface area contributed by atoms with Gasteiger partial charge in [-0.25, -0.2) is 0 Å². The Bertz CT molecular complexity index is 954. The third-order valence-electron chi connectivity index (χ3n) is 4.64. The minimum Gasteiger partial charge on any atom is -0.370 e. The van der Waals surface area contributed by atoms with Gasteiger partial charge in [0.15, 0.2) is 5.96 Å². The molecule has 2 atom stereocenters. The Hall–Kier alpha value is -3.59. The van der Waals surface area contributed by atoms with Gasteiger partial charge in [0.25, 0.3) is 5.91 Å². The Morgan fingerprint density at radius 2 is 1.69 bits per heavy atom. The number of amides is 3. The Morgan fingerprint density at radius 3 is 2.31 bits per heavy atom. The predicted octanol–water partition coefficient (Wildman–Crippen LogP) is 0.914. The van der Waals surface area contributed by atoms with Crippen LogP contribution in [0.5, 0.6) is 0 Å². The second-order valence-electron chi connectivity index (χ2n) is 7.17. The van der Waals surface area contributed by atoms with Crippen LogP contribution in [0.3, 0.4) is 0 Å². The summed E-state index contributed by atoms with van der Waals surface area (Å²) >= 11 is 5.95. The molecule has 32 heavy (non-hydrogen) atoms. The molecule has 0 saturated heterocycles. The highest BCUT2D eigenvalue weighted by molar-refractivity contribution is 6.31. The van der Waals surface area contributed by atoms with Gasteiger partial charge in [0.05, 0.1) is 0 Å². The zero-order chi connectivity index (χ0) is 23.5. The fourth-order valence-corrected chi connectivity index (χ4v) is 3.20. The van der Waals surface area contributed by atoms with E-state index in [0.717, 1.165) is 5.56 Å². The number of carbonyl (C=O) groups is 3. The van der Waals surface area contributed by atoms with Crippen molar-refractivity contribution in [2.24, 2.45) is 11.5 Å². The predicted molar refractivity (Wildman–Crippen MR) is 123 cm³/mol. The maximum Gasteiger partial charge on any atom is 0.251 e. The lowest BCUT2D eigenvalue weighted by Gasteiger charge is -2.22. The van der Waals surface area contributed by atoms with Crippen molar-refractivity contribution in [1.29, 1.82) is 5.41 Å². The second-order valence-corrected chi connectivity index (χ2v) is 7.61. The molecule has 2 rings (SSSR count). The lowest BCUT2D eigenvalue weighted by molar-refractivity contribution is -0.128. The summed E-state index contributed by atoms with van der Waals surface area (Å²) in [7, 11) is 0. The van der Waals surface area contributed by atoms with Crippen LogP contribution in [0.25, 0.3) is 0 Å². The van der Waals surface area contributed by atoms with Crippen LogP contribution in [-0.4, -0.2) is 42.3 Å². The molecule has 170 valence electrons. The molecule has 3 amide bonds. The normalized spacial score (nSPS) is 12.3. The topological polar surface area (TPSA) is 163 Å². The molecule has 2 aromatic rings. The van der Waals surface area contributed by atoms with E-state index in [0.29, 0.717) is 23.6 Å². The number of nitrogens with one attached hydrogen (secondary N) is 4. The van der Waals surface area contributed by atoms with Crippen molar-refractivity contribution in [3.8, 4) is 0 Å². The molecular formula is C22H27ClN6O3. The zero-order valence-electron chi connectivity index (χ0n) is 17.4. The summed E-state index contributed by atoms with van der Waals surface area (Å²) in [6.07, 6.45) is 0.908. The third-order valence-corrected chi connectivity index (χ3v) is 4.87. The average molecular weight is 459 g/mol. The van der Waals surface area contributed by atoms with Gasteiger partial charge in [0, 0.05) is 23.6 Å². The van der Waals surface area contributed by atoms with Crippen molar-refractivity contribution in [2.45, 2.75) is 31.3 Å². The van der Waals surface area contributed by atoms with Crippen LogP contribution in [-0.2, 0) is 16.0 Å². The first kappa shape index (κ1) is 24.7. The van der Waals surface area contributed by atoms with Gasteiger partial charge >= 0.3 is 0 Å². The lowest BCUT2D eigenvalue weighted by atomic mass is 10.0. The molecule has 0 radical (unpaired) electrons. The third kappa shape index (κ3) is 8.27. The molecule has 0 aliphatic heterocycles. The van der Waals surface area contributed by atoms with Crippen molar-refractivity contribution in [1.82, 2.24) is 16.0 Å². The van der Waals surface area contributed by atoms with E-state index < -0.39 is 29.8 Å². The largest absolute Gasteiger partial charge is 0.370 e. The van der Waals surface area contributed by atoms with E-state index in [4.69, 9.17) is 28.5 Å². The standard InChI is InChI=1S/C22H27ClN6O3/c23-16-9-4-8-15(13-16)20(31)28-17(10-5-11-27-22(25)26)21(32)29-18(19(24)30)12-14-6-2-1-3-7-14/h1-4,6-9,13,17-18H,5,10-12H2,(H2,24,30)(H,28,31)(H,29,32)(H4,25,26,27)/t17-,18+/m0/s1. The summed E-state index contributed by atoms with van der Waals surface area (Å²) in [5, 5.41) is 15.6. The van der Waals surface area contributed by atoms with Crippen molar-refractivity contribution in [2.75, 3.05) is 6.54 Å². The van der Waals surface area contributed by atoms with E-state index in [9.17, 15) is 14.4 Å². The molecule has 0 saturated carbocycles. The zero-order valence-corrected chi connectivity index (χ0v) is 18.2. The van der Waals surface area contributed by atoms with Crippen molar-refractivity contribution < 1.29 is 14.4 Å². The van der Waals surface area contributed by atoms with Gasteiger partial charge in [-0.15, -0.1) is 0 Å². The highest BCUT2D eigenvalue weighted by atomic mass is 35.5. The molecule has 0 aliphatic rings. The second kappa shape index (κ2) is 12.3. The summed E-state index contributed by atoms with van der Waals surface area (Å²) < 4.78 is 0. The highest BCUT2D eigenvalue weighted by Gasteiger charge is 2.26. The minimum absolute atomic E-state index is 0.189. The number of rotatable bonds is 11. The number of hydrogen-bond acceptors (Lipinski definition) is 4. The van der Waals surface area contributed by atoms with E-state index in [1.807, 2.05) is 30.3 Å². The smallest absolute Gasteiger partial charge is 0.251 e. The number of guanidine groups is 1. The SMILES string of the molecule is N=C(N)NCCC[C@H](NC(=O)c1cccc(Cl)c1)C(=O)N[C@H](Cc1ccccc1)C(N)=O. The van der Waals surface area contributed by atoms with Gasteiger partial charge < -0.3 is 27.4 Å². The first-order valence-corrected chi connectivity index (χ1v) is 10.4. The summed E-state index contributed by atoms with van der Waals surface area (Å²) in [6, 6.07) is 13.6. The van der Waals surface area contributed by atoms with Crippen molar-refractivity contribution >= 4 is 35.3 Å². The van der Waals surface area contributed by atoms with Crippen LogP contribution in [0.15, 0.2) is 54.6 Å². The quantitative estimate of drug-likeness (QED) is 0.167. The number of benzene rings is 2. The van der Waals surface area contributed by atoms with Gasteiger partial charge in [-0.1, -0.05) is 48.0 Å². The molecule has 0 spiro atoms.